The van der Waals surface area contributed by atoms with Gasteiger partial charge < -0.3 is 9.64 Å². The van der Waals surface area contributed by atoms with Crippen molar-refractivity contribution in [3.8, 4) is 6.07 Å². The number of carbonyl (C=O) groups excluding carboxylic acids is 1. The molecular formula is C18H21N3O4. The maximum Gasteiger partial charge on any atom is 0.349 e. The zero-order valence-corrected chi connectivity index (χ0v) is 14.9. The van der Waals surface area contributed by atoms with Crippen LogP contribution in [-0.4, -0.2) is 35.5 Å². The number of allylic oxidation sites excluding steroid dienone is 2. The molecule has 0 heterocycles. The molecule has 0 aliphatic heterocycles. The van der Waals surface area contributed by atoms with Crippen molar-refractivity contribution in [2.45, 2.75) is 26.4 Å². The van der Waals surface area contributed by atoms with E-state index in [1.54, 1.807) is 58.1 Å². The number of nitrogens with zero attached hydrogens (tertiary/aromatic N) is 3. The van der Waals surface area contributed by atoms with Gasteiger partial charge in [-0.15, -0.1) is 0 Å². The Balaban J connectivity index is 3.29. The van der Waals surface area contributed by atoms with Crippen LogP contribution >= 0.6 is 0 Å². The Hall–Kier alpha value is -3.14. The predicted octanol–water partition coefficient (Wildman–Crippen LogP) is 3.29. The molecule has 1 rings (SSSR count). The lowest BCUT2D eigenvalue weighted by Gasteiger charge is -2.19. The second kappa shape index (κ2) is 8.11. The normalized spacial score (nSPS) is 12.3. The van der Waals surface area contributed by atoms with Crippen molar-refractivity contribution >= 4 is 17.2 Å². The minimum absolute atomic E-state index is 0.0374. The van der Waals surface area contributed by atoms with Crippen LogP contribution in [0.5, 0.6) is 0 Å². The molecule has 0 radical (unpaired) electrons. The molecule has 7 heteroatoms. The fraction of sp³-hybridized carbons (Fsp3) is 0.333. The van der Waals surface area contributed by atoms with Crippen molar-refractivity contribution in [1.82, 2.24) is 4.90 Å². The summed E-state index contributed by atoms with van der Waals surface area (Å²) in [6.07, 6.45) is 3.12. The number of nitro groups is 1. The Bertz CT molecular complexity index is 748. The molecule has 0 aromatic heterocycles. The molecule has 1 aromatic carbocycles. The molecule has 0 atom stereocenters. The fourth-order valence-corrected chi connectivity index (χ4v) is 1.87. The molecule has 0 unspecified atom stereocenters. The third-order valence-corrected chi connectivity index (χ3v) is 2.85. The first-order valence-electron chi connectivity index (χ1n) is 7.51. The molecule has 0 amide bonds. The van der Waals surface area contributed by atoms with E-state index in [1.807, 2.05) is 6.07 Å². The predicted molar refractivity (Wildman–Crippen MR) is 94.3 cm³/mol. The number of hydrogen-bond donors (Lipinski definition) is 0. The Morgan fingerprint density at radius 1 is 1.28 bits per heavy atom. The highest BCUT2D eigenvalue weighted by atomic mass is 16.6. The van der Waals surface area contributed by atoms with Gasteiger partial charge >= 0.3 is 5.97 Å². The number of benzene rings is 1. The maximum absolute atomic E-state index is 12.1. The summed E-state index contributed by atoms with van der Waals surface area (Å²) < 4.78 is 5.22. The number of rotatable bonds is 5. The van der Waals surface area contributed by atoms with E-state index in [-0.39, 0.29) is 11.3 Å². The zero-order valence-electron chi connectivity index (χ0n) is 14.9. The number of hydrogen-bond acceptors (Lipinski definition) is 6. The van der Waals surface area contributed by atoms with Crippen LogP contribution in [0.1, 0.15) is 26.3 Å². The number of nitro benzene ring substituents is 1. The quantitative estimate of drug-likeness (QED) is 0.203. The molecule has 0 saturated carbocycles. The van der Waals surface area contributed by atoms with Crippen molar-refractivity contribution in [2.75, 3.05) is 14.1 Å². The largest absolute Gasteiger partial charge is 0.456 e. The highest BCUT2D eigenvalue weighted by Crippen LogP contribution is 2.22. The number of nitriles is 1. The first-order chi connectivity index (χ1) is 11.5. The van der Waals surface area contributed by atoms with E-state index in [0.717, 1.165) is 0 Å². The summed E-state index contributed by atoms with van der Waals surface area (Å²) >= 11 is 0. The minimum Gasteiger partial charge on any atom is -0.456 e. The Morgan fingerprint density at radius 3 is 2.24 bits per heavy atom. The van der Waals surface area contributed by atoms with Gasteiger partial charge in [-0.25, -0.2) is 4.79 Å². The Kier molecular flexibility index (Phi) is 6.45. The van der Waals surface area contributed by atoms with Crippen molar-refractivity contribution in [3.05, 3.63) is 57.8 Å². The molecule has 0 N–H and O–H groups in total. The molecule has 0 spiro atoms. The summed E-state index contributed by atoms with van der Waals surface area (Å²) in [5.41, 5.74) is 0.287. The molecule has 7 nitrogen and oxygen atoms in total. The van der Waals surface area contributed by atoms with Gasteiger partial charge in [-0.05, 0) is 50.1 Å². The number of carbonyl (C=O) groups is 1. The molecule has 0 saturated heterocycles. The van der Waals surface area contributed by atoms with E-state index in [9.17, 15) is 20.2 Å². The third kappa shape index (κ3) is 6.47. The Labute approximate surface area is 147 Å². The van der Waals surface area contributed by atoms with E-state index in [4.69, 9.17) is 4.74 Å². The summed E-state index contributed by atoms with van der Waals surface area (Å²) in [5.74, 6) is -0.721. The van der Waals surface area contributed by atoms with Gasteiger partial charge in [-0.2, -0.15) is 5.26 Å². The van der Waals surface area contributed by atoms with E-state index < -0.39 is 16.5 Å². The van der Waals surface area contributed by atoms with Gasteiger partial charge in [0.2, 0.25) is 0 Å². The van der Waals surface area contributed by atoms with Crippen LogP contribution in [-0.2, 0) is 9.53 Å². The highest BCUT2D eigenvalue weighted by Gasteiger charge is 2.20. The van der Waals surface area contributed by atoms with Gasteiger partial charge in [0, 0.05) is 32.4 Å². The third-order valence-electron chi connectivity index (χ3n) is 2.85. The summed E-state index contributed by atoms with van der Waals surface area (Å²) in [5, 5.41) is 20.1. The molecule has 0 bridgehead atoms. The van der Waals surface area contributed by atoms with Crippen LogP contribution in [0.25, 0.3) is 5.57 Å². The van der Waals surface area contributed by atoms with Gasteiger partial charge in [0.1, 0.15) is 17.2 Å². The number of esters is 1. The van der Waals surface area contributed by atoms with E-state index >= 15 is 0 Å². The van der Waals surface area contributed by atoms with Crippen LogP contribution < -0.4 is 0 Å². The monoisotopic (exact) mass is 343 g/mol. The standard InChI is InChI=1S/C18H21N3O4/c1-18(2,3)25-17(22)14(11-19)10-15(12-20(4)5)13-6-8-16(9-7-13)21(23)24/h6-10,12H,1-5H3/b14-10-,15-12+. The van der Waals surface area contributed by atoms with Crippen LogP contribution in [0.3, 0.4) is 0 Å². The summed E-state index contributed by atoms with van der Waals surface area (Å²) in [4.78, 5) is 24.2. The van der Waals surface area contributed by atoms with Crippen molar-refractivity contribution in [1.29, 1.82) is 5.26 Å². The lowest BCUT2D eigenvalue weighted by atomic mass is 10.0. The lowest BCUT2D eigenvalue weighted by Crippen LogP contribution is -2.24. The summed E-state index contributed by atoms with van der Waals surface area (Å²) in [7, 11) is 3.58. The summed E-state index contributed by atoms with van der Waals surface area (Å²) in [6.45, 7) is 5.15. The van der Waals surface area contributed by atoms with Crippen LogP contribution in [0.4, 0.5) is 5.69 Å². The van der Waals surface area contributed by atoms with E-state index in [2.05, 4.69) is 0 Å². The van der Waals surface area contributed by atoms with Crippen molar-refractivity contribution in [3.63, 3.8) is 0 Å². The van der Waals surface area contributed by atoms with Crippen LogP contribution in [0.2, 0.25) is 0 Å². The Morgan fingerprint density at radius 2 is 1.84 bits per heavy atom. The topological polar surface area (TPSA) is 96.5 Å². The van der Waals surface area contributed by atoms with Gasteiger partial charge in [-0.1, -0.05) is 0 Å². The number of ether oxygens (including phenoxy) is 1. The van der Waals surface area contributed by atoms with E-state index in [0.29, 0.717) is 11.1 Å². The zero-order chi connectivity index (χ0) is 19.2. The molecule has 1 aromatic rings. The first-order valence-corrected chi connectivity index (χ1v) is 7.51. The first kappa shape index (κ1) is 19.9. The van der Waals surface area contributed by atoms with Gasteiger partial charge in [0.25, 0.3) is 5.69 Å². The number of non-ortho nitro benzene ring substituents is 1. The average Bonchev–Trinajstić information content (AvgIpc) is 2.49. The van der Waals surface area contributed by atoms with Gasteiger partial charge in [0.15, 0.2) is 0 Å². The summed E-state index contributed by atoms with van der Waals surface area (Å²) in [6, 6.07) is 7.71. The molecule has 0 fully saturated rings. The SMILES string of the molecule is CN(C)/C=C(\C=C(\C#N)C(=O)OC(C)(C)C)c1ccc([N+](=O)[O-])cc1. The van der Waals surface area contributed by atoms with Crippen molar-refractivity contribution < 1.29 is 14.5 Å². The van der Waals surface area contributed by atoms with Gasteiger partial charge in [-0.3, -0.25) is 10.1 Å². The van der Waals surface area contributed by atoms with Crippen LogP contribution in [0, 0.1) is 21.4 Å². The molecule has 0 aliphatic carbocycles. The second-order valence-corrected chi connectivity index (χ2v) is 6.52. The van der Waals surface area contributed by atoms with E-state index in [1.165, 1.54) is 18.2 Å². The van der Waals surface area contributed by atoms with Crippen LogP contribution in [0.15, 0.2) is 42.1 Å². The lowest BCUT2D eigenvalue weighted by molar-refractivity contribution is -0.384. The molecular weight excluding hydrogens is 322 g/mol. The fourth-order valence-electron chi connectivity index (χ4n) is 1.87. The second-order valence-electron chi connectivity index (χ2n) is 6.52. The molecule has 132 valence electrons. The highest BCUT2D eigenvalue weighted by molar-refractivity contribution is 5.96. The van der Waals surface area contributed by atoms with Gasteiger partial charge in [0.05, 0.1) is 4.92 Å². The molecule has 25 heavy (non-hydrogen) atoms. The smallest absolute Gasteiger partial charge is 0.349 e. The van der Waals surface area contributed by atoms with Crippen molar-refractivity contribution in [2.24, 2.45) is 0 Å². The average molecular weight is 343 g/mol. The maximum atomic E-state index is 12.1. The minimum atomic E-state index is -0.721. The molecule has 0 aliphatic rings.